The predicted molar refractivity (Wildman–Crippen MR) is 110 cm³/mol. The van der Waals surface area contributed by atoms with Gasteiger partial charge in [-0.3, -0.25) is 4.90 Å². The third kappa shape index (κ3) is 4.78. The number of amides is 2. The Balaban J connectivity index is 1.79. The molecule has 1 N–H and O–H groups in total. The number of urea groups is 1. The van der Waals surface area contributed by atoms with Gasteiger partial charge in [0, 0.05) is 11.4 Å². The molecule has 1 aliphatic heterocycles. The van der Waals surface area contributed by atoms with E-state index in [2.05, 4.69) is 5.32 Å². The first kappa shape index (κ1) is 20.1. The number of hydrogen-bond acceptors (Lipinski definition) is 4. The molecule has 2 fully saturated rings. The van der Waals surface area contributed by atoms with E-state index < -0.39 is 6.04 Å². The number of esters is 1. The van der Waals surface area contributed by atoms with E-state index in [9.17, 15) is 9.59 Å². The van der Waals surface area contributed by atoms with E-state index in [0.717, 1.165) is 30.5 Å². The van der Waals surface area contributed by atoms with E-state index in [-0.39, 0.29) is 17.4 Å². The van der Waals surface area contributed by atoms with Crippen LogP contribution in [0.4, 0.5) is 10.5 Å². The number of benzene rings is 1. The fourth-order valence-corrected chi connectivity index (χ4v) is 5.56. The zero-order valence-corrected chi connectivity index (χ0v) is 17.1. The van der Waals surface area contributed by atoms with E-state index in [1.807, 2.05) is 38.1 Å². The molecule has 0 radical (unpaired) electrons. The minimum Gasteiger partial charge on any atom is -0.464 e. The molecule has 1 saturated carbocycles. The molecule has 0 bridgehead atoms. The van der Waals surface area contributed by atoms with Crippen LogP contribution < -0.4 is 5.32 Å². The third-order valence-electron chi connectivity index (χ3n) is 5.43. The number of rotatable bonds is 5. The van der Waals surface area contributed by atoms with Crippen molar-refractivity contribution in [2.45, 2.75) is 63.8 Å². The van der Waals surface area contributed by atoms with E-state index in [4.69, 9.17) is 4.74 Å². The van der Waals surface area contributed by atoms with Crippen molar-refractivity contribution in [3.05, 3.63) is 29.8 Å². The van der Waals surface area contributed by atoms with Crippen LogP contribution in [0.5, 0.6) is 0 Å². The largest absolute Gasteiger partial charge is 0.464 e. The lowest BCUT2D eigenvalue weighted by Crippen LogP contribution is -2.50. The van der Waals surface area contributed by atoms with E-state index in [1.54, 1.807) is 16.7 Å². The van der Waals surface area contributed by atoms with Crippen LogP contribution >= 0.6 is 11.8 Å². The van der Waals surface area contributed by atoms with Gasteiger partial charge in [-0.1, -0.05) is 44.4 Å². The molecule has 27 heavy (non-hydrogen) atoms. The molecule has 0 aromatic heterocycles. The van der Waals surface area contributed by atoms with E-state index in [1.165, 1.54) is 19.3 Å². The monoisotopic (exact) mass is 390 g/mol. The highest BCUT2D eigenvalue weighted by Gasteiger charge is 2.45. The molecule has 0 unspecified atom stereocenters. The quantitative estimate of drug-likeness (QED) is 0.734. The first-order valence-corrected chi connectivity index (χ1v) is 11.1. The SMILES string of the molecule is CCCOC(=O)[C@H]1CS[C@@H](C2CCCCC2)N1C(=O)Nc1ccccc1C. The summed E-state index contributed by atoms with van der Waals surface area (Å²) in [5.74, 6) is 0.795. The molecule has 5 nitrogen and oxygen atoms in total. The number of thioether (sulfide) groups is 1. The van der Waals surface area contributed by atoms with Crippen molar-refractivity contribution < 1.29 is 14.3 Å². The lowest BCUT2D eigenvalue weighted by atomic mass is 9.88. The fourth-order valence-electron chi connectivity index (χ4n) is 3.94. The van der Waals surface area contributed by atoms with Crippen molar-refractivity contribution in [3.8, 4) is 0 Å². The molecule has 1 aliphatic carbocycles. The van der Waals surface area contributed by atoms with Gasteiger partial charge in [0.25, 0.3) is 0 Å². The zero-order valence-electron chi connectivity index (χ0n) is 16.3. The molecule has 1 aromatic carbocycles. The van der Waals surface area contributed by atoms with Crippen LogP contribution in [-0.2, 0) is 9.53 Å². The molecular formula is C21H30N2O3S. The maximum absolute atomic E-state index is 13.2. The van der Waals surface area contributed by atoms with Gasteiger partial charge < -0.3 is 10.1 Å². The Morgan fingerprint density at radius 3 is 2.67 bits per heavy atom. The van der Waals surface area contributed by atoms with Gasteiger partial charge in [0.2, 0.25) is 0 Å². The summed E-state index contributed by atoms with van der Waals surface area (Å²) in [5.41, 5.74) is 1.81. The Hall–Kier alpha value is -1.69. The molecule has 3 rings (SSSR count). The Morgan fingerprint density at radius 2 is 1.96 bits per heavy atom. The summed E-state index contributed by atoms with van der Waals surface area (Å²) < 4.78 is 5.39. The average molecular weight is 391 g/mol. The summed E-state index contributed by atoms with van der Waals surface area (Å²) in [4.78, 5) is 27.6. The Labute approximate surface area is 166 Å². The van der Waals surface area contributed by atoms with Crippen LogP contribution in [0.25, 0.3) is 0 Å². The van der Waals surface area contributed by atoms with Crippen LogP contribution in [0.2, 0.25) is 0 Å². The number of aryl methyl sites for hydroxylation is 1. The van der Waals surface area contributed by atoms with Crippen LogP contribution in [0.15, 0.2) is 24.3 Å². The highest BCUT2D eigenvalue weighted by Crippen LogP contribution is 2.41. The molecule has 0 spiro atoms. The molecule has 1 aromatic rings. The van der Waals surface area contributed by atoms with Crippen LogP contribution in [-0.4, -0.2) is 40.7 Å². The van der Waals surface area contributed by atoms with Crippen molar-refractivity contribution in [1.82, 2.24) is 4.90 Å². The molecule has 2 aliphatic rings. The highest BCUT2D eigenvalue weighted by atomic mass is 32.2. The minimum absolute atomic E-state index is 0.0495. The number of nitrogens with one attached hydrogen (secondary N) is 1. The van der Waals surface area contributed by atoms with E-state index in [0.29, 0.717) is 18.3 Å². The lowest BCUT2D eigenvalue weighted by molar-refractivity contribution is -0.148. The first-order chi connectivity index (χ1) is 13.1. The number of hydrogen-bond donors (Lipinski definition) is 1. The summed E-state index contributed by atoms with van der Waals surface area (Å²) in [7, 11) is 0. The maximum Gasteiger partial charge on any atom is 0.329 e. The van der Waals surface area contributed by atoms with Crippen LogP contribution in [0, 0.1) is 12.8 Å². The Kier molecular flexibility index (Phi) is 7.05. The third-order valence-corrected chi connectivity index (χ3v) is 6.89. The Bertz CT molecular complexity index is 661. The normalized spacial score (nSPS) is 23.3. The second-order valence-electron chi connectivity index (χ2n) is 7.46. The number of ether oxygens (including phenoxy) is 1. The summed E-state index contributed by atoms with van der Waals surface area (Å²) in [5, 5.41) is 3.08. The van der Waals surface area contributed by atoms with Gasteiger partial charge in [-0.2, -0.15) is 0 Å². The number of anilines is 1. The topological polar surface area (TPSA) is 58.6 Å². The number of nitrogens with zero attached hydrogens (tertiary/aromatic N) is 1. The fraction of sp³-hybridized carbons (Fsp3) is 0.619. The van der Waals surface area contributed by atoms with Gasteiger partial charge in [-0.05, 0) is 43.7 Å². The summed E-state index contributed by atoms with van der Waals surface area (Å²) >= 11 is 1.73. The second-order valence-corrected chi connectivity index (χ2v) is 8.61. The van der Waals surface area contributed by atoms with Crippen LogP contribution in [0.1, 0.15) is 51.0 Å². The molecule has 2 amide bonds. The van der Waals surface area contributed by atoms with Crippen molar-refractivity contribution >= 4 is 29.4 Å². The smallest absolute Gasteiger partial charge is 0.329 e. The molecule has 148 valence electrons. The molecular weight excluding hydrogens is 360 g/mol. The maximum atomic E-state index is 13.2. The Morgan fingerprint density at radius 1 is 1.22 bits per heavy atom. The average Bonchev–Trinajstić information content (AvgIpc) is 3.14. The van der Waals surface area contributed by atoms with Gasteiger partial charge in [0.05, 0.1) is 12.0 Å². The first-order valence-electron chi connectivity index (χ1n) is 10.0. The lowest BCUT2D eigenvalue weighted by Gasteiger charge is -2.35. The predicted octanol–water partition coefficient (Wildman–Crippen LogP) is 4.80. The zero-order chi connectivity index (χ0) is 19.2. The van der Waals surface area contributed by atoms with Crippen molar-refractivity contribution in [2.75, 3.05) is 17.7 Å². The van der Waals surface area contributed by atoms with Crippen LogP contribution in [0.3, 0.4) is 0 Å². The molecule has 2 atom stereocenters. The van der Waals surface area contributed by atoms with Gasteiger partial charge in [0.15, 0.2) is 0 Å². The highest BCUT2D eigenvalue weighted by molar-refractivity contribution is 8.00. The van der Waals surface area contributed by atoms with Crippen molar-refractivity contribution in [2.24, 2.45) is 5.92 Å². The van der Waals surface area contributed by atoms with E-state index >= 15 is 0 Å². The second kappa shape index (κ2) is 9.49. The molecule has 1 heterocycles. The molecule has 1 saturated heterocycles. The number of carbonyl (C=O) groups excluding carboxylic acids is 2. The van der Waals surface area contributed by atoms with Gasteiger partial charge >= 0.3 is 12.0 Å². The van der Waals surface area contributed by atoms with Crippen molar-refractivity contribution in [1.29, 1.82) is 0 Å². The van der Waals surface area contributed by atoms with Gasteiger partial charge in [-0.15, -0.1) is 11.8 Å². The van der Waals surface area contributed by atoms with Crippen molar-refractivity contribution in [3.63, 3.8) is 0 Å². The summed E-state index contributed by atoms with van der Waals surface area (Å²) in [6.07, 6.45) is 6.73. The standard InChI is InChI=1S/C21H30N2O3S/c1-3-13-26-20(24)18-14-27-19(16-10-5-4-6-11-16)23(18)21(25)22-17-12-8-7-9-15(17)2/h7-9,12,16,18-19H,3-6,10-11,13-14H2,1-2H3,(H,22,25)/t18-,19+/m1/s1. The molecule has 6 heteroatoms. The number of para-hydroxylation sites is 1. The number of carbonyl (C=O) groups is 2. The minimum atomic E-state index is -0.502. The van der Waals surface area contributed by atoms with Gasteiger partial charge in [0.1, 0.15) is 6.04 Å². The summed E-state index contributed by atoms with van der Waals surface area (Å²) in [6.45, 7) is 4.35. The van der Waals surface area contributed by atoms with Gasteiger partial charge in [-0.25, -0.2) is 9.59 Å². The summed E-state index contributed by atoms with van der Waals surface area (Å²) in [6, 6.07) is 7.04.